The van der Waals surface area contributed by atoms with E-state index < -0.39 is 21.2 Å². The molecule has 0 aliphatic rings. The summed E-state index contributed by atoms with van der Waals surface area (Å²) in [5, 5.41) is 32.9. The number of thioether (sulfide) groups is 1. The van der Waals surface area contributed by atoms with Crippen LogP contribution >= 0.6 is 11.8 Å². The molecule has 28 heavy (non-hydrogen) atoms. The van der Waals surface area contributed by atoms with E-state index in [1.807, 2.05) is 36.4 Å². The number of benzene rings is 3. The highest BCUT2D eigenvalue weighted by Crippen LogP contribution is 2.47. The Balaban J connectivity index is 2.03. The second-order valence-corrected chi connectivity index (χ2v) is 7.15. The Morgan fingerprint density at radius 1 is 0.786 bits per heavy atom. The normalized spacial score (nSPS) is 12.9. The van der Waals surface area contributed by atoms with E-state index in [2.05, 4.69) is 0 Å². The topological polar surface area (TPSA) is 107 Å². The van der Waals surface area contributed by atoms with Gasteiger partial charge in [-0.1, -0.05) is 60.7 Å². The summed E-state index contributed by atoms with van der Waals surface area (Å²) in [7, 11) is 0. The van der Waals surface area contributed by atoms with Gasteiger partial charge in [-0.25, -0.2) is 0 Å². The van der Waals surface area contributed by atoms with Gasteiger partial charge in [-0.05, 0) is 17.2 Å². The van der Waals surface area contributed by atoms with Crippen molar-refractivity contribution >= 4 is 23.1 Å². The first-order valence-electron chi connectivity index (χ1n) is 8.35. The van der Waals surface area contributed by atoms with E-state index in [1.165, 1.54) is 12.1 Å². The molecule has 8 heteroatoms. The Morgan fingerprint density at radius 2 is 1.36 bits per heavy atom. The van der Waals surface area contributed by atoms with Crippen molar-refractivity contribution in [1.82, 2.24) is 0 Å². The third-order valence-corrected chi connectivity index (χ3v) is 5.54. The summed E-state index contributed by atoms with van der Waals surface area (Å²) >= 11 is 1.11. The van der Waals surface area contributed by atoms with Crippen LogP contribution in [0.2, 0.25) is 0 Å². The van der Waals surface area contributed by atoms with Gasteiger partial charge in [0.15, 0.2) is 0 Å². The van der Waals surface area contributed by atoms with E-state index in [4.69, 9.17) is 0 Å². The Bertz CT molecular complexity index is 982. The third-order valence-electron chi connectivity index (χ3n) is 4.16. The van der Waals surface area contributed by atoms with Crippen molar-refractivity contribution in [3.63, 3.8) is 0 Å². The van der Waals surface area contributed by atoms with Gasteiger partial charge in [0, 0.05) is 6.07 Å². The number of nitro groups is 2. The van der Waals surface area contributed by atoms with Gasteiger partial charge in [0.05, 0.1) is 32.2 Å². The third kappa shape index (κ3) is 4.36. The molecule has 0 aliphatic carbocycles. The molecule has 2 unspecified atom stereocenters. The lowest BCUT2D eigenvalue weighted by Crippen LogP contribution is -2.08. The lowest BCUT2D eigenvalue weighted by Gasteiger charge is -2.23. The fourth-order valence-corrected chi connectivity index (χ4v) is 4.03. The van der Waals surface area contributed by atoms with Crippen LogP contribution in [0.15, 0.2) is 83.8 Å². The molecule has 0 fully saturated rings. The van der Waals surface area contributed by atoms with E-state index in [0.29, 0.717) is 5.56 Å². The van der Waals surface area contributed by atoms with E-state index >= 15 is 0 Å². The molecule has 3 rings (SSSR count). The molecule has 1 N–H and O–H groups in total. The Kier molecular flexibility index (Phi) is 6.03. The molecule has 0 aromatic heterocycles. The van der Waals surface area contributed by atoms with Gasteiger partial charge in [0.1, 0.15) is 0 Å². The molecular weight excluding hydrogens is 380 g/mol. The van der Waals surface area contributed by atoms with Crippen LogP contribution in [0.5, 0.6) is 0 Å². The number of aliphatic hydroxyl groups excluding tert-OH is 1. The zero-order chi connectivity index (χ0) is 20.1. The molecular formula is C20H16N2O5S. The molecule has 142 valence electrons. The minimum atomic E-state index is -0.927. The van der Waals surface area contributed by atoms with Crippen LogP contribution in [-0.4, -0.2) is 15.0 Å². The maximum Gasteiger partial charge on any atom is 0.289 e. The van der Waals surface area contributed by atoms with Crippen molar-refractivity contribution in [3.8, 4) is 0 Å². The van der Waals surface area contributed by atoms with E-state index in [-0.39, 0.29) is 16.3 Å². The minimum absolute atomic E-state index is 0.249. The Labute approximate surface area is 164 Å². The second kappa shape index (κ2) is 8.64. The van der Waals surface area contributed by atoms with Crippen molar-refractivity contribution in [1.29, 1.82) is 0 Å². The van der Waals surface area contributed by atoms with Gasteiger partial charge in [0.25, 0.3) is 11.4 Å². The molecule has 2 atom stereocenters. The minimum Gasteiger partial charge on any atom is -0.387 e. The van der Waals surface area contributed by atoms with E-state index in [1.54, 1.807) is 24.3 Å². The summed E-state index contributed by atoms with van der Waals surface area (Å²) in [5.41, 5.74) is 0.751. The second-order valence-electron chi connectivity index (χ2n) is 5.97. The summed E-state index contributed by atoms with van der Waals surface area (Å²) in [5.74, 6) is 0. The summed E-state index contributed by atoms with van der Waals surface area (Å²) in [6.07, 6.45) is -0.927. The molecule has 0 bridgehead atoms. The molecule has 0 aliphatic heterocycles. The predicted molar refractivity (Wildman–Crippen MR) is 106 cm³/mol. The first-order valence-corrected chi connectivity index (χ1v) is 9.23. The molecule has 0 saturated carbocycles. The zero-order valence-corrected chi connectivity index (χ0v) is 15.4. The molecule has 0 heterocycles. The number of aliphatic hydroxyl groups is 1. The van der Waals surface area contributed by atoms with Crippen molar-refractivity contribution in [3.05, 3.63) is 110 Å². The van der Waals surface area contributed by atoms with Crippen molar-refractivity contribution in [2.24, 2.45) is 0 Å². The molecule has 0 spiro atoms. The summed E-state index contributed by atoms with van der Waals surface area (Å²) < 4.78 is 0. The fourth-order valence-electron chi connectivity index (χ4n) is 2.78. The van der Waals surface area contributed by atoms with Crippen molar-refractivity contribution in [2.45, 2.75) is 16.2 Å². The molecule has 0 radical (unpaired) electrons. The van der Waals surface area contributed by atoms with Crippen molar-refractivity contribution in [2.75, 3.05) is 0 Å². The Hall–Kier alpha value is -3.23. The number of nitrogens with zero attached hydrogens (tertiary/aromatic N) is 2. The van der Waals surface area contributed by atoms with Crippen LogP contribution in [0.25, 0.3) is 0 Å². The van der Waals surface area contributed by atoms with Gasteiger partial charge >= 0.3 is 0 Å². The van der Waals surface area contributed by atoms with Crippen LogP contribution in [-0.2, 0) is 0 Å². The SMILES string of the molecule is O=[N+]([O-])c1ccc(SC(c2ccccc2)C(O)c2ccccc2)c([N+](=O)[O-])c1. The maximum atomic E-state index is 11.5. The monoisotopic (exact) mass is 396 g/mol. The summed E-state index contributed by atoms with van der Waals surface area (Å²) in [4.78, 5) is 21.4. The van der Waals surface area contributed by atoms with Crippen molar-refractivity contribution < 1.29 is 15.0 Å². The molecule has 0 amide bonds. The first kappa shape index (κ1) is 19.5. The van der Waals surface area contributed by atoms with Gasteiger partial charge < -0.3 is 5.11 Å². The van der Waals surface area contributed by atoms with Gasteiger partial charge in [-0.15, -0.1) is 11.8 Å². The van der Waals surface area contributed by atoms with E-state index in [0.717, 1.165) is 23.4 Å². The molecule has 3 aromatic carbocycles. The quantitative estimate of drug-likeness (QED) is 0.339. The Morgan fingerprint density at radius 3 is 1.89 bits per heavy atom. The highest BCUT2D eigenvalue weighted by molar-refractivity contribution is 7.99. The number of rotatable bonds is 7. The standard InChI is InChI=1S/C20H16N2O5S/c23-19(14-7-3-1-4-8-14)20(15-9-5-2-6-10-15)28-18-12-11-16(21(24)25)13-17(18)22(26)27/h1-13,19-20,23H. The van der Waals surface area contributed by atoms with Gasteiger partial charge in [-0.2, -0.15) is 0 Å². The average molecular weight is 396 g/mol. The largest absolute Gasteiger partial charge is 0.387 e. The smallest absolute Gasteiger partial charge is 0.289 e. The van der Waals surface area contributed by atoms with Crippen LogP contribution in [0, 0.1) is 20.2 Å². The first-order chi connectivity index (χ1) is 13.5. The fraction of sp³-hybridized carbons (Fsp3) is 0.100. The highest BCUT2D eigenvalue weighted by Gasteiger charge is 2.28. The van der Waals surface area contributed by atoms with Crippen LogP contribution in [0.4, 0.5) is 11.4 Å². The predicted octanol–water partition coefficient (Wildman–Crippen LogP) is 5.07. The van der Waals surface area contributed by atoms with Gasteiger partial charge in [-0.3, -0.25) is 20.2 Å². The maximum absolute atomic E-state index is 11.5. The summed E-state index contributed by atoms with van der Waals surface area (Å²) in [6.45, 7) is 0. The molecule has 3 aromatic rings. The number of hydrogen-bond acceptors (Lipinski definition) is 6. The van der Waals surface area contributed by atoms with Gasteiger partial charge in [0.2, 0.25) is 0 Å². The van der Waals surface area contributed by atoms with Crippen LogP contribution in [0.1, 0.15) is 22.5 Å². The molecule has 0 saturated heterocycles. The van der Waals surface area contributed by atoms with Crippen LogP contribution in [0.3, 0.4) is 0 Å². The number of nitro benzene ring substituents is 2. The lowest BCUT2D eigenvalue weighted by molar-refractivity contribution is -0.396. The number of hydrogen-bond donors (Lipinski definition) is 1. The molecule has 7 nitrogen and oxygen atoms in total. The zero-order valence-electron chi connectivity index (χ0n) is 14.5. The average Bonchev–Trinajstić information content (AvgIpc) is 2.72. The summed E-state index contributed by atoms with van der Waals surface area (Å²) in [6, 6.07) is 21.7. The highest BCUT2D eigenvalue weighted by atomic mass is 32.2. The van der Waals surface area contributed by atoms with E-state index in [9.17, 15) is 25.3 Å². The van der Waals surface area contributed by atoms with Crippen LogP contribution < -0.4 is 0 Å². The number of non-ortho nitro benzene ring substituents is 1. The lowest BCUT2D eigenvalue weighted by atomic mass is 10.0.